The Morgan fingerprint density at radius 2 is 1.90 bits per heavy atom. The van der Waals surface area contributed by atoms with E-state index in [1.807, 2.05) is 11.0 Å². The zero-order valence-electron chi connectivity index (χ0n) is 16.5. The van der Waals surface area contributed by atoms with Gasteiger partial charge in [-0.05, 0) is 37.0 Å². The first kappa shape index (κ1) is 21.4. The molecule has 1 aromatic carbocycles. The Labute approximate surface area is 178 Å². The molecule has 2 amide bonds. The van der Waals surface area contributed by atoms with Crippen molar-refractivity contribution < 1.29 is 19.1 Å². The van der Waals surface area contributed by atoms with Gasteiger partial charge in [-0.3, -0.25) is 9.59 Å². The number of carbonyl (C=O) groups excluding carboxylic acids is 2. The van der Waals surface area contributed by atoms with Crippen LogP contribution in [0.25, 0.3) is 0 Å². The van der Waals surface area contributed by atoms with Crippen LogP contribution in [0.15, 0.2) is 22.5 Å². The smallest absolute Gasteiger partial charge is 0.233 e. The molecule has 1 N–H and O–H groups in total. The fourth-order valence-electron chi connectivity index (χ4n) is 3.02. The summed E-state index contributed by atoms with van der Waals surface area (Å²) >= 11 is 2.62. The standard InChI is InChI=1S/C19H24N4O4S2/c1-26-14-7-6-13(10-15(14)27-2)11-16(24)20-18-21-22-19(29-18)28-12-17(25)23-8-4-3-5-9-23/h6-7,10H,3-5,8-9,11-12H2,1-2H3,(H,20,21,24). The lowest BCUT2D eigenvalue weighted by Gasteiger charge is -2.26. The molecule has 0 aliphatic carbocycles. The second-order valence-corrected chi connectivity index (χ2v) is 8.72. The lowest BCUT2D eigenvalue weighted by molar-refractivity contribution is -0.129. The molecule has 29 heavy (non-hydrogen) atoms. The molecule has 1 aromatic heterocycles. The van der Waals surface area contributed by atoms with Crippen LogP contribution in [0.4, 0.5) is 5.13 Å². The molecule has 2 aromatic rings. The third-order valence-electron chi connectivity index (χ3n) is 4.49. The van der Waals surface area contributed by atoms with E-state index in [1.54, 1.807) is 26.4 Å². The summed E-state index contributed by atoms with van der Waals surface area (Å²) in [6.07, 6.45) is 3.52. The molecule has 1 aliphatic heterocycles. The molecule has 1 fully saturated rings. The number of aromatic nitrogens is 2. The molecule has 0 radical (unpaired) electrons. The number of hydrogen-bond donors (Lipinski definition) is 1. The number of benzene rings is 1. The minimum Gasteiger partial charge on any atom is -0.493 e. The molecular formula is C19H24N4O4S2. The summed E-state index contributed by atoms with van der Waals surface area (Å²) in [5, 5.41) is 11.2. The Hall–Kier alpha value is -2.33. The zero-order chi connectivity index (χ0) is 20.6. The predicted octanol–water partition coefficient (Wildman–Crippen LogP) is 2.84. The summed E-state index contributed by atoms with van der Waals surface area (Å²) in [5.41, 5.74) is 0.798. The number of hydrogen-bond acceptors (Lipinski definition) is 8. The van der Waals surface area contributed by atoms with E-state index in [-0.39, 0.29) is 18.2 Å². The lowest BCUT2D eigenvalue weighted by Crippen LogP contribution is -2.36. The number of carbonyl (C=O) groups is 2. The van der Waals surface area contributed by atoms with Crippen molar-refractivity contribution in [1.29, 1.82) is 0 Å². The number of ether oxygens (including phenoxy) is 2. The van der Waals surface area contributed by atoms with Crippen LogP contribution in [0.2, 0.25) is 0 Å². The second-order valence-electron chi connectivity index (χ2n) is 6.52. The van der Waals surface area contributed by atoms with Crippen LogP contribution < -0.4 is 14.8 Å². The number of anilines is 1. The highest BCUT2D eigenvalue weighted by atomic mass is 32.2. The van der Waals surface area contributed by atoms with Gasteiger partial charge in [0.05, 0.1) is 26.4 Å². The number of nitrogens with one attached hydrogen (secondary N) is 1. The van der Waals surface area contributed by atoms with Gasteiger partial charge in [0.15, 0.2) is 15.8 Å². The summed E-state index contributed by atoms with van der Waals surface area (Å²) in [6, 6.07) is 5.35. The first-order valence-electron chi connectivity index (χ1n) is 9.34. The van der Waals surface area contributed by atoms with Gasteiger partial charge >= 0.3 is 0 Å². The van der Waals surface area contributed by atoms with Crippen LogP contribution >= 0.6 is 23.1 Å². The van der Waals surface area contributed by atoms with Crippen LogP contribution in [0.3, 0.4) is 0 Å². The number of piperidine rings is 1. The van der Waals surface area contributed by atoms with Crippen LogP contribution in [-0.2, 0) is 16.0 Å². The maximum absolute atomic E-state index is 12.3. The van der Waals surface area contributed by atoms with Gasteiger partial charge in [-0.1, -0.05) is 29.2 Å². The van der Waals surface area contributed by atoms with Gasteiger partial charge < -0.3 is 19.7 Å². The number of rotatable bonds is 8. The van der Waals surface area contributed by atoms with Crippen molar-refractivity contribution in [2.45, 2.75) is 30.0 Å². The Balaban J connectivity index is 1.49. The number of thioether (sulfide) groups is 1. The third-order valence-corrected chi connectivity index (χ3v) is 6.45. The number of amides is 2. The molecule has 0 unspecified atom stereocenters. The number of likely N-dealkylation sites (tertiary alicyclic amines) is 1. The van der Waals surface area contributed by atoms with Crippen LogP contribution in [0.5, 0.6) is 11.5 Å². The molecule has 1 aliphatic rings. The fourth-order valence-corrected chi connectivity index (χ4v) is 4.69. The first-order valence-corrected chi connectivity index (χ1v) is 11.1. The van der Waals surface area contributed by atoms with Crippen LogP contribution in [0, 0.1) is 0 Å². The van der Waals surface area contributed by atoms with E-state index in [0.29, 0.717) is 26.7 Å². The summed E-state index contributed by atoms with van der Waals surface area (Å²) < 4.78 is 11.1. The van der Waals surface area contributed by atoms with Crippen molar-refractivity contribution in [3.8, 4) is 11.5 Å². The molecule has 0 spiro atoms. The van der Waals surface area contributed by atoms with E-state index in [1.165, 1.54) is 29.5 Å². The van der Waals surface area contributed by atoms with Gasteiger partial charge in [-0.2, -0.15) is 0 Å². The van der Waals surface area contributed by atoms with E-state index < -0.39 is 0 Å². The van der Waals surface area contributed by atoms with Crippen molar-refractivity contribution in [1.82, 2.24) is 15.1 Å². The molecular weight excluding hydrogens is 412 g/mol. The molecule has 2 heterocycles. The summed E-state index contributed by atoms with van der Waals surface area (Å²) in [5.74, 6) is 1.46. The van der Waals surface area contributed by atoms with E-state index in [2.05, 4.69) is 15.5 Å². The highest BCUT2D eigenvalue weighted by Gasteiger charge is 2.18. The molecule has 1 saturated heterocycles. The van der Waals surface area contributed by atoms with Crippen LogP contribution in [-0.4, -0.2) is 60.0 Å². The molecule has 8 nitrogen and oxygen atoms in total. The molecule has 0 atom stereocenters. The molecule has 3 rings (SSSR count). The lowest BCUT2D eigenvalue weighted by atomic mass is 10.1. The third kappa shape index (κ3) is 6.07. The van der Waals surface area contributed by atoms with E-state index in [9.17, 15) is 9.59 Å². The minimum atomic E-state index is -0.200. The quantitative estimate of drug-likeness (QED) is 0.502. The molecule has 0 saturated carbocycles. The maximum Gasteiger partial charge on any atom is 0.233 e. The normalized spacial score (nSPS) is 13.8. The summed E-state index contributed by atoms with van der Waals surface area (Å²) in [4.78, 5) is 26.4. The van der Waals surface area contributed by atoms with E-state index in [4.69, 9.17) is 9.47 Å². The topological polar surface area (TPSA) is 93.7 Å². The SMILES string of the molecule is COc1ccc(CC(=O)Nc2nnc(SCC(=O)N3CCCCC3)s2)cc1OC. The highest BCUT2D eigenvalue weighted by Crippen LogP contribution is 2.28. The van der Waals surface area contributed by atoms with Gasteiger partial charge in [0.25, 0.3) is 0 Å². The van der Waals surface area contributed by atoms with Gasteiger partial charge in [0.2, 0.25) is 16.9 Å². The zero-order valence-corrected chi connectivity index (χ0v) is 18.1. The molecule has 156 valence electrons. The average molecular weight is 437 g/mol. The Morgan fingerprint density at radius 1 is 1.14 bits per heavy atom. The minimum absolute atomic E-state index is 0.129. The van der Waals surface area contributed by atoms with Crippen molar-refractivity contribution >= 4 is 40.0 Å². The Bertz CT molecular complexity index is 852. The number of nitrogens with zero attached hydrogens (tertiary/aromatic N) is 3. The van der Waals surface area contributed by atoms with Gasteiger partial charge in [0.1, 0.15) is 0 Å². The van der Waals surface area contributed by atoms with Crippen molar-refractivity contribution in [3.05, 3.63) is 23.8 Å². The second kappa shape index (κ2) is 10.4. The number of methoxy groups -OCH3 is 2. The van der Waals surface area contributed by atoms with E-state index >= 15 is 0 Å². The highest BCUT2D eigenvalue weighted by molar-refractivity contribution is 8.01. The largest absolute Gasteiger partial charge is 0.493 e. The summed E-state index contributed by atoms with van der Waals surface area (Å²) in [7, 11) is 3.12. The van der Waals surface area contributed by atoms with Crippen LogP contribution in [0.1, 0.15) is 24.8 Å². The average Bonchev–Trinajstić information content (AvgIpc) is 3.19. The first-order chi connectivity index (χ1) is 14.1. The fraction of sp³-hybridized carbons (Fsp3) is 0.474. The van der Waals surface area contributed by atoms with Crippen molar-refractivity contribution in [3.63, 3.8) is 0 Å². The van der Waals surface area contributed by atoms with Crippen molar-refractivity contribution in [2.24, 2.45) is 0 Å². The Morgan fingerprint density at radius 3 is 2.62 bits per heavy atom. The van der Waals surface area contributed by atoms with Crippen molar-refractivity contribution in [2.75, 3.05) is 38.4 Å². The van der Waals surface area contributed by atoms with Gasteiger partial charge in [-0.25, -0.2) is 0 Å². The maximum atomic E-state index is 12.3. The monoisotopic (exact) mass is 436 g/mol. The Kier molecular flexibility index (Phi) is 7.70. The summed E-state index contributed by atoms with van der Waals surface area (Å²) in [6.45, 7) is 1.68. The van der Waals surface area contributed by atoms with Gasteiger partial charge in [0, 0.05) is 13.1 Å². The molecule has 10 heteroatoms. The van der Waals surface area contributed by atoms with E-state index in [0.717, 1.165) is 31.5 Å². The predicted molar refractivity (Wildman–Crippen MR) is 113 cm³/mol. The molecule has 0 bridgehead atoms. The van der Waals surface area contributed by atoms with Gasteiger partial charge in [-0.15, -0.1) is 10.2 Å².